The van der Waals surface area contributed by atoms with E-state index in [4.69, 9.17) is 11.0 Å². The molecule has 0 saturated carbocycles. The fraction of sp³-hybridized carbons (Fsp3) is 0.200. The van der Waals surface area contributed by atoms with Gasteiger partial charge in [0.2, 0.25) is 0 Å². The van der Waals surface area contributed by atoms with Crippen molar-refractivity contribution in [2.75, 3.05) is 12.8 Å². The van der Waals surface area contributed by atoms with Crippen LogP contribution in [0, 0.1) is 11.3 Å². The van der Waals surface area contributed by atoms with Crippen molar-refractivity contribution >= 4 is 11.7 Å². The third-order valence-corrected chi connectivity index (χ3v) is 1.81. The van der Waals surface area contributed by atoms with E-state index in [1.54, 1.807) is 18.2 Å². The van der Waals surface area contributed by atoms with Gasteiger partial charge >= 0.3 is 5.97 Å². The topological polar surface area (TPSA) is 76.1 Å². The molecule has 1 rings (SSSR count). The minimum Gasteiger partial charge on any atom is -0.469 e. The molecule has 0 aliphatic heterocycles. The fourth-order valence-electron chi connectivity index (χ4n) is 1.06. The van der Waals surface area contributed by atoms with E-state index < -0.39 is 0 Å². The molecule has 0 amide bonds. The lowest BCUT2D eigenvalue weighted by Gasteiger charge is -2.02. The number of benzene rings is 1. The molecule has 0 fully saturated rings. The Hall–Kier alpha value is -2.02. The van der Waals surface area contributed by atoms with Gasteiger partial charge in [0.1, 0.15) is 6.07 Å². The molecule has 2 N–H and O–H groups in total. The fourth-order valence-corrected chi connectivity index (χ4v) is 1.06. The molecule has 4 heteroatoms. The Kier molecular flexibility index (Phi) is 3.08. The van der Waals surface area contributed by atoms with E-state index in [1.165, 1.54) is 7.11 Å². The van der Waals surface area contributed by atoms with Crippen molar-refractivity contribution in [2.45, 2.75) is 6.42 Å². The summed E-state index contributed by atoms with van der Waals surface area (Å²) < 4.78 is 4.51. The average molecular weight is 190 g/mol. The summed E-state index contributed by atoms with van der Waals surface area (Å²) in [6.45, 7) is 0. The van der Waals surface area contributed by atoms with Crippen molar-refractivity contribution in [3.63, 3.8) is 0 Å². The van der Waals surface area contributed by atoms with Gasteiger partial charge in [0.05, 0.1) is 19.1 Å². The van der Waals surface area contributed by atoms with E-state index in [9.17, 15) is 4.79 Å². The Balaban J connectivity index is 2.88. The highest BCUT2D eigenvalue weighted by atomic mass is 16.5. The highest BCUT2D eigenvalue weighted by Gasteiger charge is 2.04. The molecule has 1 aromatic carbocycles. The number of hydrogen-bond donors (Lipinski definition) is 1. The molecule has 0 bridgehead atoms. The summed E-state index contributed by atoms with van der Waals surface area (Å²) >= 11 is 0. The summed E-state index contributed by atoms with van der Waals surface area (Å²) in [5.74, 6) is -0.325. The van der Waals surface area contributed by atoms with Crippen LogP contribution < -0.4 is 5.73 Å². The minimum atomic E-state index is -0.325. The second-order valence-corrected chi connectivity index (χ2v) is 2.79. The summed E-state index contributed by atoms with van der Waals surface area (Å²) in [6, 6.07) is 6.83. The smallest absolute Gasteiger partial charge is 0.309 e. The predicted octanol–water partition coefficient (Wildman–Crippen LogP) is 0.856. The minimum absolute atomic E-state index is 0.173. The van der Waals surface area contributed by atoms with E-state index in [0.29, 0.717) is 11.3 Å². The maximum atomic E-state index is 10.9. The maximum Gasteiger partial charge on any atom is 0.309 e. The van der Waals surface area contributed by atoms with Crippen LogP contribution in [-0.4, -0.2) is 13.1 Å². The van der Waals surface area contributed by atoms with E-state index in [0.717, 1.165) is 5.56 Å². The van der Waals surface area contributed by atoms with Gasteiger partial charge in [0.15, 0.2) is 0 Å². The molecule has 0 heterocycles. The number of ether oxygens (including phenoxy) is 1. The Morgan fingerprint density at radius 1 is 1.64 bits per heavy atom. The van der Waals surface area contributed by atoms with E-state index in [1.807, 2.05) is 6.07 Å². The number of nitrogens with zero attached hydrogens (tertiary/aromatic N) is 1. The molecule has 0 atom stereocenters. The Labute approximate surface area is 81.9 Å². The lowest BCUT2D eigenvalue weighted by Crippen LogP contribution is -2.05. The summed E-state index contributed by atoms with van der Waals surface area (Å²) in [6.07, 6.45) is 0.173. The highest BCUT2D eigenvalue weighted by Crippen LogP contribution is 2.13. The van der Waals surface area contributed by atoms with Crippen LogP contribution >= 0.6 is 0 Å². The van der Waals surface area contributed by atoms with Crippen LogP contribution in [0.25, 0.3) is 0 Å². The van der Waals surface area contributed by atoms with Gasteiger partial charge in [-0.3, -0.25) is 4.79 Å². The number of methoxy groups -OCH3 is 1. The molecular weight excluding hydrogens is 180 g/mol. The molecule has 0 aromatic heterocycles. The van der Waals surface area contributed by atoms with Crippen LogP contribution in [-0.2, 0) is 16.0 Å². The second-order valence-electron chi connectivity index (χ2n) is 2.79. The molecule has 0 unspecified atom stereocenters. The van der Waals surface area contributed by atoms with E-state index in [2.05, 4.69) is 4.74 Å². The van der Waals surface area contributed by atoms with E-state index >= 15 is 0 Å². The summed E-state index contributed by atoms with van der Waals surface area (Å²) in [7, 11) is 1.33. The van der Waals surface area contributed by atoms with Crippen LogP contribution in [0.1, 0.15) is 11.1 Å². The first-order valence-corrected chi connectivity index (χ1v) is 4.02. The standard InChI is InChI=1S/C10H10N2O2/c1-14-10(13)5-7-2-3-8(6-11)9(12)4-7/h2-4H,5,12H2,1H3. The van der Waals surface area contributed by atoms with Crippen LogP contribution in [0.15, 0.2) is 18.2 Å². The Bertz CT molecular complexity index is 394. The molecule has 14 heavy (non-hydrogen) atoms. The molecule has 72 valence electrons. The van der Waals surface area contributed by atoms with Gasteiger partial charge < -0.3 is 10.5 Å². The Morgan fingerprint density at radius 2 is 2.36 bits per heavy atom. The molecule has 0 aliphatic rings. The average Bonchev–Trinajstić information content (AvgIpc) is 2.18. The zero-order valence-corrected chi connectivity index (χ0v) is 7.78. The van der Waals surface area contributed by atoms with Crippen molar-refractivity contribution < 1.29 is 9.53 Å². The largest absolute Gasteiger partial charge is 0.469 e. The zero-order valence-electron chi connectivity index (χ0n) is 7.78. The lowest BCUT2D eigenvalue weighted by molar-refractivity contribution is -0.139. The van der Waals surface area contributed by atoms with Gasteiger partial charge in [-0.25, -0.2) is 0 Å². The molecule has 0 saturated heterocycles. The number of nitriles is 1. The maximum absolute atomic E-state index is 10.9. The number of hydrogen-bond acceptors (Lipinski definition) is 4. The third-order valence-electron chi connectivity index (χ3n) is 1.81. The van der Waals surface area contributed by atoms with Crippen molar-refractivity contribution in [3.05, 3.63) is 29.3 Å². The summed E-state index contributed by atoms with van der Waals surface area (Å²) in [5, 5.41) is 8.62. The monoisotopic (exact) mass is 190 g/mol. The Morgan fingerprint density at radius 3 is 2.86 bits per heavy atom. The lowest BCUT2D eigenvalue weighted by atomic mass is 10.1. The van der Waals surface area contributed by atoms with Crippen LogP contribution in [0.3, 0.4) is 0 Å². The number of carbonyl (C=O) groups is 1. The second kappa shape index (κ2) is 4.28. The number of nitrogens with two attached hydrogens (primary N) is 1. The summed E-state index contributed by atoms with van der Waals surface area (Å²) in [5.41, 5.74) is 7.12. The number of carbonyl (C=O) groups excluding carboxylic acids is 1. The molecule has 0 spiro atoms. The SMILES string of the molecule is COC(=O)Cc1ccc(C#N)c(N)c1. The van der Waals surface area contributed by atoms with Crippen molar-refractivity contribution in [1.29, 1.82) is 5.26 Å². The first kappa shape index (κ1) is 10.1. The normalized spacial score (nSPS) is 9.14. The van der Waals surface area contributed by atoms with E-state index in [-0.39, 0.29) is 12.4 Å². The predicted molar refractivity (Wildman–Crippen MR) is 51.3 cm³/mol. The number of anilines is 1. The highest BCUT2D eigenvalue weighted by molar-refractivity contribution is 5.73. The van der Waals surface area contributed by atoms with Crippen molar-refractivity contribution in [1.82, 2.24) is 0 Å². The molecular formula is C10H10N2O2. The molecule has 0 aliphatic carbocycles. The van der Waals surface area contributed by atoms with Crippen molar-refractivity contribution in [2.24, 2.45) is 0 Å². The zero-order chi connectivity index (χ0) is 10.6. The first-order valence-electron chi connectivity index (χ1n) is 4.02. The molecule has 4 nitrogen and oxygen atoms in total. The number of rotatable bonds is 2. The quantitative estimate of drug-likeness (QED) is 0.554. The van der Waals surface area contributed by atoms with Crippen LogP contribution in [0.5, 0.6) is 0 Å². The van der Waals surface area contributed by atoms with Gasteiger partial charge in [0, 0.05) is 5.69 Å². The van der Waals surface area contributed by atoms with Gasteiger partial charge in [-0.05, 0) is 17.7 Å². The summed E-state index contributed by atoms with van der Waals surface area (Å²) in [4.78, 5) is 10.9. The molecule has 1 aromatic rings. The third kappa shape index (κ3) is 2.23. The van der Waals surface area contributed by atoms with Gasteiger partial charge in [-0.1, -0.05) is 6.07 Å². The molecule has 0 radical (unpaired) electrons. The van der Waals surface area contributed by atoms with Gasteiger partial charge in [0.25, 0.3) is 0 Å². The van der Waals surface area contributed by atoms with Gasteiger partial charge in [-0.15, -0.1) is 0 Å². The number of esters is 1. The van der Waals surface area contributed by atoms with Gasteiger partial charge in [-0.2, -0.15) is 5.26 Å². The number of nitrogen functional groups attached to an aromatic ring is 1. The first-order chi connectivity index (χ1) is 6.67. The van der Waals surface area contributed by atoms with Crippen LogP contribution in [0.2, 0.25) is 0 Å². The van der Waals surface area contributed by atoms with Crippen LogP contribution in [0.4, 0.5) is 5.69 Å². The van der Waals surface area contributed by atoms with Crippen molar-refractivity contribution in [3.8, 4) is 6.07 Å².